The second-order valence-electron chi connectivity index (χ2n) is 8.51. The van der Waals surface area contributed by atoms with Crippen LogP contribution in [0.1, 0.15) is 0 Å². The van der Waals surface area contributed by atoms with E-state index >= 15 is 0 Å². The van der Waals surface area contributed by atoms with Gasteiger partial charge in [0, 0.05) is 45.4 Å². The van der Waals surface area contributed by atoms with E-state index in [1.807, 2.05) is 72.8 Å². The van der Waals surface area contributed by atoms with Gasteiger partial charge in [-0.2, -0.15) is 0 Å². The van der Waals surface area contributed by atoms with Crippen molar-refractivity contribution in [3.8, 4) is 28.5 Å². The maximum Gasteiger partial charge on any atom is 0.161 e. The van der Waals surface area contributed by atoms with Crippen LogP contribution in [0.15, 0.2) is 97.2 Å². The molecule has 6 rings (SSSR count). The second kappa shape index (κ2) is 9.95. The molecule has 4 aromatic carbocycles. The molecule has 0 aliphatic rings. The molecular weight excluding hydrogens is 503 g/mol. The van der Waals surface area contributed by atoms with Crippen molar-refractivity contribution in [1.29, 1.82) is 0 Å². The zero-order valence-corrected chi connectivity index (χ0v) is 20.9. The van der Waals surface area contributed by atoms with Gasteiger partial charge >= 0.3 is 0 Å². The summed E-state index contributed by atoms with van der Waals surface area (Å²) in [7, 11) is 1.49. The Bertz CT molecular complexity index is 1780. The summed E-state index contributed by atoms with van der Waals surface area (Å²) < 4.78 is 25.4. The van der Waals surface area contributed by atoms with Crippen molar-refractivity contribution in [3.05, 3.63) is 108 Å². The molecule has 6 aromatic rings. The summed E-state index contributed by atoms with van der Waals surface area (Å²) in [5.74, 6) is 1.68. The van der Waals surface area contributed by atoms with Gasteiger partial charge < -0.3 is 14.8 Å². The molecule has 2 aromatic heterocycles. The van der Waals surface area contributed by atoms with E-state index in [2.05, 4.69) is 20.5 Å². The summed E-state index contributed by atoms with van der Waals surface area (Å²) in [6, 6.07) is 27.4. The fourth-order valence-corrected chi connectivity index (χ4v) is 4.45. The van der Waals surface area contributed by atoms with Gasteiger partial charge in [-0.3, -0.25) is 4.98 Å². The van der Waals surface area contributed by atoms with Crippen LogP contribution in [-0.4, -0.2) is 22.3 Å². The van der Waals surface area contributed by atoms with Crippen molar-refractivity contribution in [2.75, 3.05) is 12.4 Å². The van der Waals surface area contributed by atoms with E-state index in [-0.39, 0.29) is 0 Å². The number of methoxy groups -OCH3 is 1. The Labute approximate surface area is 222 Å². The average Bonchev–Trinajstić information content (AvgIpc) is 2.94. The summed E-state index contributed by atoms with van der Waals surface area (Å²) in [5.41, 5.74) is 2.99. The predicted octanol–water partition coefficient (Wildman–Crippen LogP) is 8.18. The molecular formula is C30H20ClFN4O2. The van der Waals surface area contributed by atoms with E-state index in [0.29, 0.717) is 39.0 Å². The van der Waals surface area contributed by atoms with Crippen LogP contribution in [0.3, 0.4) is 0 Å². The first kappa shape index (κ1) is 23.6. The van der Waals surface area contributed by atoms with Crippen molar-refractivity contribution < 1.29 is 13.9 Å². The first-order valence-electron chi connectivity index (χ1n) is 11.8. The number of anilines is 2. The Hall–Kier alpha value is -4.75. The maximum atomic E-state index is 13.9. The number of aromatic nitrogens is 3. The highest BCUT2D eigenvalue weighted by atomic mass is 35.5. The first-order valence-corrected chi connectivity index (χ1v) is 12.2. The highest BCUT2D eigenvalue weighted by Gasteiger charge is 2.14. The molecule has 186 valence electrons. The molecule has 0 bridgehead atoms. The second-order valence-corrected chi connectivity index (χ2v) is 8.95. The molecule has 0 amide bonds. The van der Waals surface area contributed by atoms with E-state index in [4.69, 9.17) is 21.1 Å². The van der Waals surface area contributed by atoms with Crippen LogP contribution in [0.5, 0.6) is 17.2 Å². The number of halogens is 2. The molecule has 0 saturated heterocycles. The molecule has 0 aliphatic carbocycles. The van der Waals surface area contributed by atoms with Crippen molar-refractivity contribution >= 4 is 44.8 Å². The molecule has 0 atom stereocenters. The van der Waals surface area contributed by atoms with E-state index in [1.165, 1.54) is 19.2 Å². The van der Waals surface area contributed by atoms with Gasteiger partial charge in [-0.15, -0.1) is 10.2 Å². The fraction of sp³-hybridized carbons (Fsp3) is 0.0333. The Kier molecular flexibility index (Phi) is 6.19. The van der Waals surface area contributed by atoms with Crippen molar-refractivity contribution in [2.24, 2.45) is 0 Å². The molecule has 1 N–H and O–H groups in total. The number of nitrogens with zero attached hydrogens (tertiary/aromatic N) is 3. The molecule has 0 spiro atoms. The van der Waals surface area contributed by atoms with Gasteiger partial charge in [-0.25, -0.2) is 4.39 Å². The topological polar surface area (TPSA) is 69.2 Å². The van der Waals surface area contributed by atoms with Crippen LogP contribution >= 0.6 is 11.6 Å². The Morgan fingerprint density at radius 1 is 0.816 bits per heavy atom. The van der Waals surface area contributed by atoms with Crippen LogP contribution in [0, 0.1) is 5.82 Å². The lowest BCUT2D eigenvalue weighted by atomic mass is 10.0. The highest BCUT2D eigenvalue weighted by Crippen LogP contribution is 2.37. The molecule has 0 unspecified atom stereocenters. The van der Waals surface area contributed by atoms with E-state index in [0.717, 1.165) is 27.7 Å². The van der Waals surface area contributed by atoms with Crippen LogP contribution < -0.4 is 14.8 Å². The summed E-state index contributed by atoms with van der Waals surface area (Å²) in [6.07, 6.45) is 1.57. The lowest BCUT2D eigenvalue weighted by Gasteiger charge is -2.13. The SMILES string of the molecule is COc1cc(F)cc2nccc(Oc3ccc(Nc4nnc(-c5ccc(Cl)cc5)c5ccccc45)cc3)c12. The van der Waals surface area contributed by atoms with Gasteiger partial charge in [0.25, 0.3) is 0 Å². The van der Waals surface area contributed by atoms with Crippen molar-refractivity contribution in [2.45, 2.75) is 0 Å². The van der Waals surface area contributed by atoms with Gasteiger partial charge in [0.05, 0.1) is 18.0 Å². The standard InChI is InChI=1S/C30H20ClFN4O2/c1-37-27-17-20(32)16-25-28(27)26(14-15-33-25)38-22-12-10-21(11-13-22)34-30-24-5-3-2-4-23(24)29(35-36-30)18-6-8-19(31)9-7-18/h2-17H,1H3,(H,34,36). The van der Waals surface area contributed by atoms with Gasteiger partial charge in [0.2, 0.25) is 0 Å². The normalized spacial score (nSPS) is 11.0. The number of benzene rings is 4. The van der Waals surface area contributed by atoms with Gasteiger partial charge in [0.15, 0.2) is 5.82 Å². The summed E-state index contributed by atoms with van der Waals surface area (Å²) >= 11 is 6.06. The van der Waals surface area contributed by atoms with Crippen molar-refractivity contribution in [3.63, 3.8) is 0 Å². The van der Waals surface area contributed by atoms with Crippen LogP contribution in [0.2, 0.25) is 5.02 Å². The number of rotatable bonds is 6. The molecule has 8 heteroatoms. The van der Waals surface area contributed by atoms with E-state index in [9.17, 15) is 4.39 Å². The Morgan fingerprint density at radius 2 is 1.58 bits per heavy atom. The lowest BCUT2D eigenvalue weighted by Crippen LogP contribution is -1.99. The van der Waals surface area contributed by atoms with Crippen molar-refractivity contribution in [1.82, 2.24) is 15.2 Å². The van der Waals surface area contributed by atoms with E-state index in [1.54, 1.807) is 12.3 Å². The minimum absolute atomic E-state index is 0.355. The van der Waals surface area contributed by atoms with Gasteiger partial charge in [-0.05, 0) is 42.5 Å². The zero-order valence-electron chi connectivity index (χ0n) is 20.2. The van der Waals surface area contributed by atoms with Crippen LogP contribution in [0.25, 0.3) is 32.9 Å². The van der Waals surface area contributed by atoms with Gasteiger partial charge in [-0.1, -0.05) is 48.0 Å². The average molecular weight is 523 g/mol. The quantitative estimate of drug-likeness (QED) is 0.238. The Morgan fingerprint density at radius 3 is 2.34 bits per heavy atom. The van der Waals surface area contributed by atoms with Crippen LogP contribution in [0.4, 0.5) is 15.9 Å². The molecule has 6 nitrogen and oxygen atoms in total. The minimum Gasteiger partial charge on any atom is -0.496 e. The number of hydrogen-bond donors (Lipinski definition) is 1. The Balaban J connectivity index is 1.28. The first-order chi connectivity index (χ1) is 18.6. The molecule has 0 radical (unpaired) electrons. The monoisotopic (exact) mass is 522 g/mol. The minimum atomic E-state index is -0.425. The smallest absolute Gasteiger partial charge is 0.161 e. The van der Waals surface area contributed by atoms with Gasteiger partial charge in [0.1, 0.15) is 28.8 Å². The largest absolute Gasteiger partial charge is 0.496 e. The predicted molar refractivity (Wildman–Crippen MR) is 148 cm³/mol. The molecule has 2 heterocycles. The highest BCUT2D eigenvalue weighted by molar-refractivity contribution is 6.30. The lowest BCUT2D eigenvalue weighted by molar-refractivity contribution is 0.413. The van der Waals surface area contributed by atoms with E-state index < -0.39 is 5.82 Å². The number of pyridine rings is 1. The number of fused-ring (bicyclic) bond motifs is 2. The third-order valence-corrected chi connectivity index (χ3v) is 6.35. The molecule has 38 heavy (non-hydrogen) atoms. The third kappa shape index (κ3) is 4.55. The summed E-state index contributed by atoms with van der Waals surface area (Å²) in [4.78, 5) is 4.24. The zero-order chi connectivity index (χ0) is 26.1. The summed E-state index contributed by atoms with van der Waals surface area (Å²) in [6.45, 7) is 0. The summed E-state index contributed by atoms with van der Waals surface area (Å²) in [5, 5.41) is 15.5. The third-order valence-electron chi connectivity index (χ3n) is 6.10. The number of ether oxygens (including phenoxy) is 2. The fourth-order valence-electron chi connectivity index (χ4n) is 4.32. The molecule has 0 saturated carbocycles. The number of hydrogen-bond acceptors (Lipinski definition) is 6. The molecule has 0 fully saturated rings. The maximum absolute atomic E-state index is 13.9. The molecule has 0 aliphatic heterocycles. The van der Waals surface area contributed by atoms with Crippen LogP contribution in [-0.2, 0) is 0 Å². The number of nitrogens with one attached hydrogen (secondary N) is 1.